The molecule has 0 atom stereocenters. The van der Waals surface area contributed by atoms with Gasteiger partial charge in [0.15, 0.2) is 0 Å². The number of amides is 1. The Hall–Kier alpha value is -2.07. The van der Waals surface area contributed by atoms with Crippen LogP contribution in [0.25, 0.3) is 0 Å². The van der Waals surface area contributed by atoms with E-state index in [0.29, 0.717) is 23.6 Å². The highest BCUT2D eigenvalue weighted by Gasteiger charge is 2.04. The number of benzene rings is 2. The Labute approximate surface area is 127 Å². The lowest BCUT2D eigenvalue weighted by Gasteiger charge is -2.08. The van der Waals surface area contributed by atoms with Gasteiger partial charge in [0, 0.05) is 12.0 Å². The smallest absolute Gasteiger partial charge is 0.217 e. The molecule has 0 aliphatic heterocycles. The molecule has 0 bridgehead atoms. The second kappa shape index (κ2) is 7.09. The third kappa shape index (κ3) is 4.76. The molecule has 110 valence electrons. The average molecular weight is 308 g/mol. The van der Waals surface area contributed by atoms with Gasteiger partial charge in [-0.05, 0) is 36.2 Å². The van der Waals surface area contributed by atoms with Gasteiger partial charge in [-0.2, -0.15) is 0 Å². The van der Waals surface area contributed by atoms with Crippen LogP contribution in [-0.4, -0.2) is 5.91 Å². The first-order valence-electron chi connectivity index (χ1n) is 6.48. The van der Waals surface area contributed by atoms with E-state index in [1.54, 1.807) is 6.07 Å². The normalized spacial score (nSPS) is 10.4. The summed E-state index contributed by atoms with van der Waals surface area (Å²) in [4.78, 5) is 10.7. The third-order valence-electron chi connectivity index (χ3n) is 2.99. The molecule has 0 saturated heterocycles. The second-order valence-corrected chi connectivity index (χ2v) is 5.04. The minimum absolute atomic E-state index is 0.264. The molecule has 5 heteroatoms. The average Bonchev–Trinajstić information content (AvgIpc) is 2.45. The van der Waals surface area contributed by atoms with Gasteiger partial charge in [0.2, 0.25) is 5.91 Å². The fourth-order valence-electron chi connectivity index (χ4n) is 1.82. The standard InChI is InChI=1S/C16H15ClFNO2/c17-15-9-13(18)5-4-12(15)10-21-14-6-1-11(2-7-14)3-8-16(19)20/h1-2,4-7,9H,3,8,10H2,(H2,19,20). The quantitative estimate of drug-likeness (QED) is 0.888. The number of carbonyl (C=O) groups excluding carboxylic acids is 1. The van der Waals surface area contributed by atoms with Crippen molar-refractivity contribution in [3.05, 3.63) is 64.4 Å². The maximum atomic E-state index is 12.9. The molecule has 0 aliphatic carbocycles. The zero-order valence-electron chi connectivity index (χ0n) is 11.3. The maximum Gasteiger partial charge on any atom is 0.217 e. The van der Waals surface area contributed by atoms with Crippen molar-refractivity contribution in [3.63, 3.8) is 0 Å². The summed E-state index contributed by atoms with van der Waals surface area (Å²) in [6.07, 6.45) is 0.935. The zero-order chi connectivity index (χ0) is 15.2. The number of primary amides is 1. The summed E-state index contributed by atoms with van der Waals surface area (Å²) in [5.74, 6) is -0.0120. The van der Waals surface area contributed by atoms with Crippen LogP contribution in [0, 0.1) is 5.82 Å². The Morgan fingerprint density at radius 1 is 1.19 bits per heavy atom. The lowest BCUT2D eigenvalue weighted by Crippen LogP contribution is -2.11. The molecule has 0 radical (unpaired) electrons. The molecule has 2 N–H and O–H groups in total. The van der Waals surface area contributed by atoms with Crippen LogP contribution in [0.4, 0.5) is 4.39 Å². The van der Waals surface area contributed by atoms with E-state index in [9.17, 15) is 9.18 Å². The number of hydrogen-bond donors (Lipinski definition) is 1. The van der Waals surface area contributed by atoms with Gasteiger partial charge in [0.05, 0.1) is 5.02 Å². The van der Waals surface area contributed by atoms with Crippen molar-refractivity contribution in [1.82, 2.24) is 0 Å². The summed E-state index contributed by atoms with van der Waals surface area (Å²) in [6.45, 7) is 0.264. The second-order valence-electron chi connectivity index (χ2n) is 4.63. The van der Waals surface area contributed by atoms with Crippen molar-refractivity contribution in [3.8, 4) is 5.75 Å². The monoisotopic (exact) mass is 307 g/mol. The van der Waals surface area contributed by atoms with Crippen molar-refractivity contribution >= 4 is 17.5 Å². The van der Waals surface area contributed by atoms with E-state index in [0.717, 1.165) is 11.1 Å². The van der Waals surface area contributed by atoms with Crippen LogP contribution in [0.5, 0.6) is 5.75 Å². The molecule has 0 aliphatic rings. The molecule has 2 aromatic carbocycles. The summed E-state index contributed by atoms with van der Waals surface area (Å²) in [5.41, 5.74) is 6.84. The van der Waals surface area contributed by atoms with Gasteiger partial charge in [0.25, 0.3) is 0 Å². The van der Waals surface area contributed by atoms with Crippen molar-refractivity contribution in [2.24, 2.45) is 5.73 Å². The van der Waals surface area contributed by atoms with E-state index in [4.69, 9.17) is 22.1 Å². The van der Waals surface area contributed by atoms with Crippen LogP contribution in [0.3, 0.4) is 0 Å². The lowest BCUT2D eigenvalue weighted by atomic mass is 10.1. The third-order valence-corrected chi connectivity index (χ3v) is 3.34. The van der Waals surface area contributed by atoms with Gasteiger partial charge >= 0.3 is 0 Å². The van der Waals surface area contributed by atoms with Gasteiger partial charge in [0.1, 0.15) is 18.2 Å². The number of halogens is 2. The van der Waals surface area contributed by atoms with Crippen molar-refractivity contribution in [2.75, 3.05) is 0 Å². The van der Waals surface area contributed by atoms with E-state index in [1.807, 2.05) is 24.3 Å². The molecule has 21 heavy (non-hydrogen) atoms. The lowest BCUT2D eigenvalue weighted by molar-refractivity contribution is -0.117. The van der Waals surface area contributed by atoms with E-state index < -0.39 is 0 Å². The van der Waals surface area contributed by atoms with E-state index in [-0.39, 0.29) is 18.3 Å². The van der Waals surface area contributed by atoms with Crippen LogP contribution in [0.1, 0.15) is 17.5 Å². The molecule has 0 spiro atoms. The molecule has 0 aromatic heterocycles. The summed E-state index contributed by atoms with van der Waals surface area (Å²) in [5, 5.41) is 0.341. The first kappa shape index (κ1) is 15.3. The maximum absolute atomic E-state index is 12.9. The molecule has 0 unspecified atom stereocenters. The number of nitrogens with two attached hydrogens (primary N) is 1. The number of aryl methyl sites for hydroxylation is 1. The fourth-order valence-corrected chi connectivity index (χ4v) is 2.04. The predicted molar refractivity (Wildman–Crippen MR) is 79.7 cm³/mol. The van der Waals surface area contributed by atoms with E-state index in [2.05, 4.69) is 0 Å². The predicted octanol–water partition coefficient (Wildman–Crippen LogP) is 3.48. The summed E-state index contributed by atoms with van der Waals surface area (Å²) >= 11 is 5.93. The van der Waals surface area contributed by atoms with Crippen LogP contribution in [0.2, 0.25) is 5.02 Å². The Morgan fingerprint density at radius 2 is 1.90 bits per heavy atom. The Balaban J connectivity index is 1.92. The highest BCUT2D eigenvalue weighted by molar-refractivity contribution is 6.31. The molecule has 2 aromatic rings. The van der Waals surface area contributed by atoms with Gasteiger partial charge in [-0.3, -0.25) is 4.79 Å². The largest absolute Gasteiger partial charge is 0.489 e. The minimum Gasteiger partial charge on any atom is -0.489 e. The molecule has 1 amide bonds. The van der Waals surface area contributed by atoms with Gasteiger partial charge in [-0.15, -0.1) is 0 Å². The van der Waals surface area contributed by atoms with Gasteiger partial charge in [-0.1, -0.05) is 29.8 Å². The number of carbonyl (C=O) groups is 1. The van der Waals surface area contributed by atoms with Crippen molar-refractivity contribution < 1.29 is 13.9 Å². The van der Waals surface area contributed by atoms with Gasteiger partial charge in [-0.25, -0.2) is 4.39 Å². The molecule has 0 heterocycles. The van der Waals surface area contributed by atoms with Gasteiger partial charge < -0.3 is 10.5 Å². The molecular formula is C16H15ClFNO2. The van der Waals surface area contributed by atoms with Crippen LogP contribution >= 0.6 is 11.6 Å². The summed E-state index contributed by atoms with van der Waals surface area (Å²) < 4.78 is 18.5. The first-order chi connectivity index (χ1) is 10.0. The Bertz CT molecular complexity index is 629. The first-order valence-corrected chi connectivity index (χ1v) is 6.86. The number of hydrogen-bond acceptors (Lipinski definition) is 2. The van der Waals surface area contributed by atoms with Crippen molar-refractivity contribution in [2.45, 2.75) is 19.4 Å². The Kier molecular flexibility index (Phi) is 5.17. The highest BCUT2D eigenvalue weighted by atomic mass is 35.5. The molecule has 0 saturated carbocycles. The molecular weight excluding hydrogens is 293 g/mol. The molecule has 2 rings (SSSR count). The number of ether oxygens (including phenoxy) is 1. The fraction of sp³-hybridized carbons (Fsp3) is 0.188. The van der Waals surface area contributed by atoms with E-state index in [1.165, 1.54) is 12.1 Å². The summed E-state index contributed by atoms with van der Waals surface area (Å²) in [6, 6.07) is 11.6. The SMILES string of the molecule is NC(=O)CCc1ccc(OCc2ccc(F)cc2Cl)cc1. The van der Waals surface area contributed by atoms with Crippen molar-refractivity contribution in [1.29, 1.82) is 0 Å². The molecule has 0 fully saturated rings. The van der Waals surface area contributed by atoms with Crippen LogP contribution < -0.4 is 10.5 Å². The zero-order valence-corrected chi connectivity index (χ0v) is 12.1. The van der Waals surface area contributed by atoms with Crippen LogP contribution in [-0.2, 0) is 17.8 Å². The summed E-state index contributed by atoms with van der Waals surface area (Å²) in [7, 11) is 0. The molecule has 3 nitrogen and oxygen atoms in total. The Morgan fingerprint density at radius 3 is 2.52 bits per heavy atom. The van der Waals surface area contributed by atoms with E-state index >= 15 is 0 Å². The van der Waals surface area contributed by atoms with Crippen LogP contribution in [0.15, 0.2) is 42.5 Å². The topological polar surface area (TPSA) is 52.3 Å². The highest BCUT2D eigenvalue weighted by Crippen LogP contribution is 2.20. The minimum atomic E-state index is -0.373. The number of rotatable bonds is 6.